The number of carboxylic acids is 1. The summed E-state index contributed by atoms with van der Waals surface area (Å²) in [6.45, 7) is 5.35. The lowest BCUT2D eigenvalue weighted by molar-refractivity contribution is -0.131. The molecule has 0 saturated carbocycles. The van der Waals surface area contributed by atoms with Crippen molar-refractivity contribution in [1.29, 1.82) is 0 Å². The predicted octanol–water partition coefficient (Wildman–Crippen LogP) is 2.32. The summed E-state index contributed by atoms with van der Waals surface area (Å²) in [5.74, 6) is -0.943. The fraction of sp³-hybridized carbons (Fsp3) is 0.100. The highest BCUT2D eigenvalue weighted by atomic mass is 16.4. The number of hydrogen-bond acceptors (Lipinski definition) is 1. The molecule has 0 aliphatic heterocycles. The van der Waals surface area contributed by atoms with Gasteiger partial charge in [-0.1, -0.05) is 30.9 Å². The second-order valence-corrected chi connectivity index (χ2v) is 2.06. The van der Waals surface area contributed by atoms with Gasteiger partial charge >= 0.3 is 5.97 Å². The van der Waals surface area contributed by atoms with E-state index < -0.39 is 5.97 Å². The van der Waals surface area contributed by atoms with E-state index in [0.29, 0.717) is 0 Å². The summed E-state index contributed by atoms with van der Waals surface area (Å²) in [6, 6.07) is 0. The Balaban J connectivity index is 4.29. The minimum atomic E-state index is -0.943. The zero-order chi connectivity index (χ0) is 9.40. The highest BCUT2D eigenvalue weighted by Crippen LogP contribution is 1.98. The molecule has 2 heteroatoms. The number of hydrogen-bond donors (Lipinski definition) is 1. The van der Waals surface area contributed by atoms with Crippen LogP contribution in [0.4, 0.5) is 0 Å². The van der Waals surface area contributed by atoms with Gasteiger partial charge in [-0.2, -0.15) is 0 Å². The van der Waals surface area contributed by atoms with Crippen LogP contribution in [0, 0.1) is 0 Å². The average molecular weight is 164 g/mol. The van der Waals surface area contributed by atoms with E-state index in [1.54, 1.807) is 18.2 Å². The quantitative estimate of drug-likeness (QED) is 0.511. The Morgan fingerprint density at radius 3 is 2.42 bits per heavy atom. The first-order valence-electron chi connectivity index (χ1n) is 3.57. The SMILES string of the molecule is C=C\C=C/C(/C=C/C(=O)O)=C\C. The van der Waals surface area contributed by atoms with Crippen LogP contribution < -0.4 is 0 Å². The third-order valence-corrected chi connectivity index (χ3v) is 1.18. The Bertz CT molecular complexity index is 245. The van der Waals surface area contributed by atoms with Gasteiger partial charge in [0.1, 0.15) is 0 Å². The molecule has 0 atom stereocenters. The maximum absolute atomic E-state index is 10.1. The normalized spacial score (nSPS) is 12.6. The molecule has 0 aromatic rings. The fourth-order valence-electron chi connectivity index (χ4n) is 0.595. The number of carbonyl (C=O) groups is 1. The van der Waals surface area contributed by atoms with Gasteiger partial charge < -0.3 is 5.11 Å². The zero-order valence-electron chi connectivity index (χ0n) is 7.03. The summed E-state index contributed by atoms with van der Waals surface area (Å²) in [5.41, 5.74) is 0.845. The Hall–Kier alpha value is -1.57. The number of allylic oxidation sites excluding steroid dienone is 6. The van der Waals surface area contributed by atoms with Crippen molar-refractivity contribution < 1.29 is 9.90 Å². The van der Waals surface area contributed by atoms with Gasteiger partial charge in [-0.15, -0.1) is 0 Å². The van der Waals surface area contributed by atoms with E-state index in [-0.39, 0.29) is 0 Å². The molecule has 0 aliphatic rings. The molecule has 0 aromatic heterocycles. The van der Waals surface area contributed by atoms with E-state index >= 15 is 0 Å². The van der Waals surface area contributed by atoms with Crippen LogP contribution in [0.25, 0.3) is 0 Å². The molecular formula is C10H12O2. The Morgan fingerprint density at radius 2 is 2.00 bits per heavy atom. The van der Waals surface area contributed by atoms with Gasteiger partial charge in [-0.05, 0) is 18.6 Å². The first-order valence-corrected chi connectivity index (χ1v) is 3.57. The van der Waals surface area contributed by atoms with E-state index in [1.165, 1.54) is 6.08 Å². The topological polar surface area (TPSA) is 37.3 Å². The van der Waals surface area contributed by atoms with Gasteiger partial charge in [0.05, 0.1) is 0 Å². The van der Waals surface area contributed by atoms with Crippen molar-refractivity contribution in [1.82, 2.24) is 0 Å². The molecule has 0 rings (SSSR count). The van der Waals surface area contributed by atoms with Crippen molar-refractivity contribution in [3.8, 4) is 0 Å². The lowest BCUT2D eigenvalue weighted by Crippen LogP contribution is -1.85. The van der Waals surface area contributed by atoms with Gasteiger partial charge in [0.2, 0.25) is 0 Å². The van der Waals surface area contributed by atoms with Gasteiger partial charge in [0.15, 0.2) is 0 Å². The van der Waals surface area contributed by atoms with E-state index in [2.05, 4.69) is 6.58 Å². The van der Waals surface area contributed by atoms with Crippen molar-refractivity contribution in [2.75, 3.05) is 0 Å². The van der Waals surface area contributed by atoms with Crippen molar-refractivity contribution >= 4 is 5.97 Å². The van der Waals surface area contributed by atoms with Crippen LogP contribution in [0.2, 0.25) is 0 Å². The molecule has 64 valence electrons. The van der Waals surface area contributed by atoms with Crippen LogP contribution in [-0.2, 0) is 4.79 Å². The predicted molar refractivity (Wildman–Crippen MR) is 49.9 cm³/mol. The van der Waals surface area contributed by atoms with Gasteiger partial charge in [0.25, 0.3) is 0 Å². The van der Waals surface area contributed by atoms with Crippen molar-refractivity contribution in [3.63, 3.8) is 0 Å². The molecule has 0 amide bonds. The molecular weight excluding hydrogens is 152 g/mol. The third-order valence-electron chi connectivity index (χ3n) is 1.18. The molecule has 0 saturated heterocycles. The number of carboxylic acid groups (broad SMARTS) is 1. The summed E-state index contributed by atoms with van der Waals surface area (Å²) in [5, 5.41) is 8.33. The molecule has 0 heterocycles. The van der Waals surface area contributed by atoms with Crippen LogP contribution >= 0.6 is 0 Å². The van der Waals surface area contributed by atoms with E-state index in [9.17, 15) is 4.79 Å². The molecule has 0 radical (unpaired) electrons. The highest BCUT2D eigenvalue weighted by molar-refractivity contribution is 5.80. The van der Waals surface area contributed by atoms with Crippen LogP contribution in [0.1, 0.15) is 6.92 Å². The molecule has 0 bridgehead atoms. The van der Waals surface area contributed by atoms with Crippen LogP contribution in [0.3, 0.4) is 0 Å². The van der Waals surface area contributed by atoms with E-state index in [1.807, 2.05) is 13.0 Å². The second kappa shape index (κ2) is 6.16. The molecule has 0 fully saturated rings. The fourth-order valence-corrected chi connectivity index (χ4v) is 0.595. The lowest BCUT2D eigenvalue weighted by Gasteiger charge is -1.88. The highest BCUT2D eigenvalue weighted by Gasteiger charge is 1.86. The van der Waals surface area contributed by atoms with Gasteiger partial charge in [-0.25, -0.2) is 4.79 Å². The minimum absolute atomic E-state index is 0.845. The summed E-state index contributed by atoms with van der Waals surface area (Å²) in [6.07, 6.45) is 9.62. The van der Waals surface area contributed by atoms with Crippen LogP contribution in [0.15, 0.2) is 48.6 Å². The smallest absolute Gasteiger partial charge is 0.328 e. The number of rotatable bonds is 4. The Labute approximate surface area is 72.2 Å². The van der Waals surface area contributed by atoms with Crippen molar-refractivity contribution in [2.45, 2.75) is 6.92 Å². The maximum atomic E-state index is 10.1. The van der Waals surface area contributed by atoms with Crippen LogP contribution in [-0.4, -0.2) is 11.1 Å². The van der Waals surface area contributed by atoms with Gasteiger partial charge in [-0.3, -0.25) is 0 Å². The summed E-state index contributed by atoms with van der Waals surface area (Å²) < 4.78 is 0. The number of aliphatic carboxylic acids is 1. The summed E-state index contributed by atoms with van der Waals surface area (Å²) in [7, 11) is 0. The third kappa shape index (κ3) is 5.23. The zero-order valence-corrected chi connectivity index (χ0v) is 7.03. The molecule has 0 unspecified atom stereocenters. The second-order valence-electron chi connectivity index (χ2n) is 2.06. The van der Waals surface area contributed by atoms with Crippen LogP contribution in [0.5, 0.6) is 0 Å². The summed E-state index contributed by atoms with van der Waals surface area (Å²) in [4.78, 5) is 10.1. The molecule has 0 aliphatic carbocycles. The molecule has 12 heavy (non-hydrogen) atoms. The Morgan fingerprint density at radius 1 is 1.33 bits per heavy atom. The summed E-state index contributed by atoms with van der Waals surface area (Å²) >= 11 is 0. The minimum Gasteiger partial charge on any atom is -0.478 e. The Kier molecular flexibility index (Phi) is 5.35. The first kappa shape index (κ1) is 10.4. The molecule has 1 N–H and O–H groups in total. The van der Waals surface area contributed by atoms with E-state index in [4.69, 9.17) is 5.11 Å². The van der Waals surface area contributed by atoms with Crippen molar-refractivity contribution in [2.24, 2.45) is 0 Å². The average Bonchev–Trinajstić information content (AvgIpc) is 2.05. The molecule has 2 nitrogen and oxygen atoms in total. The van der Waals surface area contributed by atoms with E-state index in [0.717, 1.165) is 11.6 Å². The maximum Gasteiger partial charge on any atom is 0.328 e. The van der Waals surface area contributed by atoms with Crippen molar-refractivity contribution in [3.05, 3.63) is 48.6 Å². The standard InChI is InChI=1S/C10H12O2/c1-3-5-6-9(4-2)7-8-10(11)12/h3-8H,1H2,2H3,(H,11,12)/b6-5-,8-7+,9-4+. The first-order chi connectivity index (χ1) is 5.70. The largest absolute Gasteiger partial charge is 0.478 e. The molecule has 0 spiro atoms. The molecule has 0 aromatic carbocycles. The lowest BCUT2D eigenvalue weighted by atomic mass is 10.2. The monoisotopic (exact) mass is 164 g/mol. The van der Waals surface area contributed by atoms with Gasteiger partial charge in [0, 0.05) is 6.08 Å².